The van der Waals surface area contributed by atoms with Gasteiger partial charge >= 0.3 is 0 Å². The van der Waals surface area contributed by atoms with Crippen molar-refractivity contribution in [2.24, 2.45) is 0 Å². The molecule has 0 saturated carbocycles. The number of hydrogen-bond donors (Lipinski definition) is 2. The first-order valence-electron chi connectivity index (χ1n) is 6.58. The van der Waals surface area contributed by atoms with Crippen LogP contribution in [0.25, 0.3) is 0 Å². The zero-order valence-electron chi connectivity index (χ0n) is 11.6. The number of benzene rings is 2. The summed E-state index contributed by atoms with van der Waals surface area (Å²) in [4.78, 5) is 11.3. The van der Waals surface area contributed by atoms with Crippen molar-refractivity contribution in [1.82, 2.24) is 10.0 Å². The van der Waals surface area contributed by atoms with Crippen LogP contribution in [-0.4, -0.2) is 27.4 Å². The molecule has 0 aromatic heterocycles. The van der Waals surface area contributed by atoms with Gasteiger partial charge in [0, 0.05) is 18.7 Å². The molecule has 2 aromatic rings. The first kappa shape index (κ1) is 16.1. The fraction of sp³-hybridized carbons (Fsp3) is 0.133. The molecule has 2 aromatic carbocycles. The average molecular weight is 322 g/mol. The maximum Gasteiger partial charge on any atom is 0.251 e. The molecule has 0 unspecified atom stereocenters. The Morgan fingerprint density at radius 1 is 0.955 bits per heavy atom. The lowest BCUT2D eigenvalue weighted by atomic mass is 10.2. The molecule has 0 atom stereocenters. The van der Waals surface area contributed by atoms with Crippen LogP contribution in [0.4, 0.5) is 4.39 Å². The van der Waals surface area contributed by atoms with Crippen LogP contribution in [0.15, 0.2) is 59.5 Å². The molecule has 2 rings (SSSR count). The van der Waals surface area contributed by atoms with Crippen molar-refractivity contribution >= 4 is 15.9 Å². The molecule has 0 aliphatic rings. The molecular formula is C15H15FN2O3S. The van der Waals surface area contributed by atoms with Gasteiger partial charge in [-0.2, -0.15) is 0 Å². The molecule has 0 fully saturated rings. The lowest BCUT2D eigenvalue weighted by Gasteiger charge is -2.08. The highest BCUT2D eigenvalue weighted by Crippen LogP contribution is 2.12. The topological polar surface area (TPSA) is 75.3 Å². The van der Waals surface area contributed by atoms with Crippen LogP contribution in [-0.2, 0) is 10.0 Å². The molecule has 5 nitrogen and oxygen atoms in total. The van der Waals surface area contributed by atoms with Gasteiger partial charge in [-0.1, -0.05) is 30.3 Å². The van der Waals surface area contributed by atoms with E-state index < -0.39 is 20.7 Å². The minimum atomic E-state index is -3.93. The van der Waals surface area contributed by atoms with Gasteiger partial charge in [0.25, 0.3) is 5.91 Å². The van der Waals surface area contributed by atoms with Crippen molar-refractivity contribution in [2.75, 3.05) is 13.1 Å². The number of carbonyl (C=O) groups is 1. The normalized spacial score (nSPS) is 11.1. The lowest BCUT2D eigenvalue weighted by Crippen LogP contribution is -2.35. The van der Waals surface area contributed by atoms with E-state index in [1.54, 1.807) is 30.3 Å². The van der Waals surface area contributed by atoms with Crippen LogP contribution in [0.5, 0.6) is 0 Å². The molecule has 0 aliphatic heterocycles. The van der Waals surface area contributed by atoms with Crippen molar-refractivity contribution in [2.45, 2.75) is 4.90 Å². The van der Waals surface area contributed by atoms with Crippen LogP contribution in [0, 0.1) is 5.82 Å². The fourth-order valence-electron chi connectivity index (χ4n) is 1.79. The molecule has 0 saturated heterocycles. The molecule has 0 heterocycles. The van der Waals surface area contributed by atoms with Gasteiger partial charge in [-0.25, -0.2) is 17.5 Å². The Morgan fingerprint density at radius 2 is 1.59 bits per heavy atom. The Bertz CT molecular complexity index is 748. The number of halogens is 1. The second kappa shape index (κ2) is 7.15. The monoisotopic (exact) mass is 322 g/mol. The highest BCUT2D eigenvalue weighted by molar-refractivity contribution is 7.89. The first-order chi connectivity index (χ1) is 10.5. The minimum absolute atomic E-state index is 0.0325. The van der Waals surface area contributed by atoms with Gasteiger partial charge < -0.3 is 5.32 Å². The third-order valence-electron chi connectivity index (χ3n) is 2.86. The molecule has 0 radical (unpaired) electrons. The summed E-state index contributed by atoms with van der Waals surface area (Å²) >= 11 is 0. The summed E-state index contributed by atoms with van der Waals surface area (Å²) < 4.78 is 39.5. The maximum atomic E-state index is 13.5. The zero-order valence-corrected chi connectivity index (χ0v) is 12.4. The van der Waals surface area contributed by atoms with Crippen LogP contribution >= 0.6 is 0 Å². The second-order valence-electron chi connectivity index (χ2n) is 4.45. The summed E-state index contributed by atoms with van der Waals surface area (Å²) in [6, 6.07) is 13.7. The summed E-state index contributed by atoms with van der Waals surface area (Å²) in [5.41, 5.74) is 0.486. The molecule has 0 bridgehead atoms. The van der Waals surface area contributed by atoms with E-state index in [-0.39, 0.29) is 19.0 Å². The average Bonchev–Trinajstić information content (AvgIpc) is 2.52. The Kier molecular flexibility index (Phi) is 5.24. The van der Waals surface area contributed by atoms with Gasteiger partial charge in [0.2, 0.25) is 10.0 Å². The van der Waals surface area contributed by atoms with E-state index in [2.05, 4.69) is 10.0 Å². The van der Waals surface area contributed by atoms with Crippen molar-refractivity contribution in [3.05, 3.63) is 66.0 Å². The van der Waals surface area contributed by atoms with Gasteiger partial charge in [-0.3, -0.25) is 4.79 Å². The summed E-state index contributed by atoms with van der Waals surface area (Å²) in [6.45, 7) is 0.0661. The molecule has 1 amide bonds. The van der Waals surface area contributed by atoms with Crippen LogP contribution in [0.1, 0.15) is 10.4 Å². The highest BCUT2D eigenvalue weighted by Gasteiger charge is 2.17. The Labute approximate surface area is 128 Å². The number of carbonyl (C=O) groups excluding carboxylic acids is 1. The smallest absolute Gasteiger partial charge is 0.251 e. The van der Waals surface area contributed by atoms with Gasteiger partial charge in [0.1, 0.15) is 10.7 Å². The summed E-state index contributed by atoms with van der Waals surface area (Å²) in [6.07, 6.45) is 0. The van der Waals surface area contributed by atoms with E-state index in [0.717, 1.165) is 6.07 Å². The van der Waals surface area contributed by atoms with E-state index in [1.807, 2.05) is 0 Å². The number of amides is 1. The third kappa shape index (κ3) is 4.12. The first-order valence-corrected chi connectivity index (χ1v) is 8.06. The van der Waals surface area contributed by atoms with Gasteiger partial charge in [-0.05, 0) is 24.3 Å². The van der Waals surface area contributed by atoms with Gasteiger partial charge in [0.15, 0.2) is 0 Å². The molecule has 7 heteroatoms. The fourth-order valence-corrected chi connectivity index (χ4v) is 2.90. The zero-order chi connectivity index (χ0) is 16.0. The predicted octanol–water partition coefficient (Wildman–Crippen LogP) is 1.53. The molecule has 2 N–H and O–H groups in total. The maximum absolute atomic E-state index is 13.5. The molecule has 0 spiro atoms. The van der Waals surface area contributed by atoms with Crippen LogP contribution < -0.4 is 10.0 Å². The quantitative estimate of drug-likeness (QED) is 0.792. The largest absolute Gasteiger partial charge is 0.351 e. The lowest BCUT2D eigenvalue weighted by molar-refractivity contribution is 0.0954. The molecule has 0 aliphatic carbocycles. The number of rotatable bonds is 6. The van der Waals surface area contributed by atoms with Gasteiger partial charge in [0.05, 0.1) is 0 Å². The van der Waals surface area contributed by atoms with Crippen molar-refractivity contribution in [3.63, 3.8) is 0 Å². The molecule has 116 valence electrons. The Morgan fingerprint density at radius 3 is 2.27 bits per heavy atom. The van der Waals surface area contributed by atoms with Crippen molar-refractivity contribution in [3.8, 4) is 0 Å². The SMILES string of the molecule is O=C(NCCNS(=O)(=O)c1ccccc1F)c1ccccc1. The van der Waals surface area contributed by atoms with Crippen LogP contribution in [0.3, 0.4) is 0 Å². The summed E-state index contributed by atoms with van der Waals surface area (Å²) in [5.74, 6) is -1.12. The number of nitrogens with one attached hydrogen (secondary N) is 2. The van der Waals surface area contributed by atoms with Gasteiger partial charge in [-0.15, -0.1) is 0 Å². The van der Waals surface area contributed by atoms with E-state index in [0.29, 0.717) is 5.56 Å². The molecular weight excluding hydrogens is 307 g/mol. The minimum Gasteiger partial charge on any atom is -0.351 e. The Balaban J connectivity index is 1.86. The van der Waals surface area contributed by atoms with Crippen molar-refractivity contribution in [1.29, 1.82) is 0 Å². The van der Waals surface area contributed by atoms with Crippen LogP contribution in [0.2, 0.25) is 0 Å². The number of sulfonamides is 1. The highest BCUT2D eigenvalue weighted by atomic mass is 32.2. The van der Waals surface area contributed by atoms with E-state index in [1.165, 1.54) is 18.2 Å². The third-order valence-corrected chi connectivity index (χ3v) is 4.36. The second-order valence-corrected chi connectivity index (χ2v) is 6.19. The predicted molar refractivity (Wildman–Crippen MR) is 80.4 cm³/mol. The molecule has 22 heavy (non-hydrogen) atoms. The summed E-state index contributed by atoms with van der Waals surface area (Å²) in [5, 5.41) is 2.58. The van der Waals surface area contributed by atoms with Crippen molar-refractivity contribution < 1.29 is 17.6 Å². The van der Waals surface area contributed by atoms with E-state index in [9.17, 15) is 17.6 Å². The Hall–Kier alpha value is -2.25. The standard InChI is InChI=1S/C15H15FN2O3S/c16-13-8-4-5-9-14(13)22(20,21)18-11-10-17-15(19)12-6-2-1-3-7-12/h1-9,18H,10-11H2,(H,17,19). The summed E-state index contributed by atoms with van der Waals surface area (Å²) in [7, 11) is -3.93. The number of hydrogen-bond acceptors (Lipinski definition) is 3. The van der Waals surface area contributed by atoms with E-state index >= 15 is 0 Å². The van der Waals surface area contributed by atoms with E-state index in [4.69, 9.17) is 0 Å².